The first-order valence-corrected chi connectivity index (χ1v) is 9.32. The molecule has 0 bridgehead atoms. The smallest absolute Gasteiger partial charge is 0.0900 e. The van der Waals surface area contributed by atoms with Crippen LogP contribution in [0.4, 0.5) is 0 Å². The summed E-state index contributed by atoms with van der Waals surface area (Å²) in [6.45, 7) is 7.92. The van der Waals surface area contributed by atoms with Crippen LogP contribution in [0, 0.1) is 13.8 Å². The molecule has 2 aliphatic heterocycles. The average Bonchev–Trinajstić information content (AvgIpc) is 3.22. The maximum Gasteiger partial charge on any atom is 0.0900 e. The molecule has 3 atom stereocenters. The molecule has 4 heteroatoms. The van der Waals surface area contributed by atoms with Crippen molar-refractivity contribution in [2.24, 2.45) is 0 Å². The fraction of sp³-hybridized carbons (Fsp3) is 0.700. The summed E-state index contributed by atoms with van der Waals surface area (Å²) < 4.78 is 11.2. The Labute approximate surface area is 145 Å². The second kappa shape index (κ2) is 8.43. The van der Waals surface area contributed by atoms with Gasteiger partial charge in [-0.1, -0.05) is 18.2 Å². The van der Waals surface area contributed by atoms with E-state index in [2.05, 4.69) is 36.9 Å². The van der Waals surface area contributed by atoms with Crippen molar-refractivity contribution in [2.75, 3.05) is 32.9 Å². The lowest BCUT2D eigenvalue weighted by molar-refractivity contribution is -0.0261. The molecular formula is C20H31NO3. The van der Waals surface area contributed by atoms with Crippen LogP contribution in [-0.2, 0) is 9.47 Å². The number of hydrogen-bond acceptors (Lipinski definition) is 4. The van der Waals surface area contributed by atoms with Crippen LogP contribution in [0.1, 0.15) is 48.4 Å². The van der Waals surface area contributed by atoms with Gasteiger partial charge in [0, 0.05) is 19.2 Å². The normalized spacial score (nSPS) is 26.1. The van der Waals surface area contributed by atoms with Gasteiger partial charge in [-0.2, -0.15) is 0 Å². The van der Waals surface area contributed by atoms with Gasteiger partial charge in [0.15, 0.2) is 0 Å². The highest BCUT2D eigenvalue weighted by Gasteiger charge is 2.28. The molecule has 3 unspecified atom stereocenters. The van der Waals surface area contributed by atoms with Crippen LogP contribution in [0.15, 0.2) is 18.2 Å². The first-order chi connectivity index (χ1) is 11.6. The molecule has 0 aromatic heterocycles. The van der Waals surface area contributed by atoms with Crippen molar-refractivity contribution >= 4 is 0 Å². The molecule has 24 heavy (non-hydrogen) atoms. The molecular weight excluding hydrogens is 302 g/mol. The largest absolute Gasteiger partial charge is 0.389 e. The molecule has 2 saturated heterocycles. The average molecular weight is 333 g/mol. The van der Waals surface area contributed by atoms with Gasteiger partial charge >= 0.3 is 0 Å². The number of rotatable bonds is 7. The molecule has 3 rings (SSSR count). The quantitative estimate of drug-likeness (QED) is 0.833. The minimum absolute atomic E-state index is 0.229. The fourth-order valence-electron chi connectivity index (χ4n) is 3.83. The minimum atomic E-state index is -0.432. The zero-order chi connectivity index (χ0) is 16.9. The number of hydrogen-bond donors (Lipinski definition) is 1. The van der Waals surface area contributed by atoms with Crippen molar-refractivity contribution in [3.63, 3.8) is 0 Å². The lowest BCUT2D eigenvalue weighted by Gasteiger charge is -2.27. The van der Waals surface area contributed by atoms with Crippen LogP contribution >= 0.6 is 0 Å². The fourth-order valence-corrected chi connectivity index (χ4v) is 3.83. The molecule has 0 amide bonds. The third kappa shape index (κ3) is 4.57. The van der Waals surface area contributed by atoms with Gasteiger partial charge < -0.3 is 14.6 Å². The molecule has 4 nitrogen and oxygen atoms in total. The van der Waals surface area contributed by atoms with Gasteiger partial charge in [0.2, 0.25) is 0 Å². The minimum Gasteiger partial charge on any atom is -0.389 e. The second-order valence-electron chi connectivity index (χ2n) is 7.32. The lowest BCUT2D eigenvalue weighted by atomic mass is 9.99. The van der Waals surface area contributed by atoms with E-state index in [0.29, 0.717) is 25.8 Å². The van der Waals surface area contributed by atoms with Crippen LogP contribution in [0.2, 0.25) is 0 Å². The van der Waals surface area contributed by atoms with E-state index in [0.717, 1.165) is 26.0 Å². The summed E-state index contributed by atoms with van der Waals surface area (Å²) in [5.41, 5.74) is 4.06. The third-order valence-corrected chi connectivity index (χ3v) is 5.36. The maximum atomic E-state index is 10.3. The summed E-state index contributed by atoms with van der Waals surface area (Å²) in [6, 6.07) is 7.18. The molecule has 134 valence electrons. The van der Waals surface area contributed by atoms with Crippen molar-refractivity contribution in [3.8, 4) is 0 Å². The van der Waals surface area contributed by atoms with E-state index in [1.165, 1.54) is 29.5 Å². The molecule has 2 aliphatic rings. The van der Waals surface area contributed by atoms with E-state index in [1.54, 1.807) is 0 Å². The summed E-state index contributed by atoms with van der Waals surface area (Å²) in [7, 11) is 0. The van der Waals surface area contributed by atoms with Crippen molar-refractivity contribution in [2.45, 2.75) is 57.8 Å². The van der Waals surface area contributed by atoms with Gasteiger partial charge in [0.25, 0.3) is 0 Å². The van der Waals surface area contributed by atoms with Gasteiger partial charge in [0.1, 0.15) is 0 Å². The molecule has 0 radical (unpaired) electrons. The SMILES string of the molecule is Cc1ccc(C2CCCN2CC(O)COCC2CCCO2)cc1C. The Morgan fingerprint density at radius 2 is 2.12 bits per heavy atom. The van der Waals surface area contributed by atoms with Crippen molar-refractivity contribution in [3.05, 3.63) is 34.9 Å². The second-order valence-corrected chi connectivity index (χ2v) is 7.32. The van der Waals surface area contributed by atoms with Crippen molar-refractivity contribution in [1.82, 2.24) is 4.90 Å². The van der Waals surface area contributed by atoms with Crippen LogP contribution in [0.3, 0.4) is 0 Å². The van der Waals surface area contributed by atoms with Gasteiger partial charge in [-0.3, -0.25) is 4.90 Å². The Morgan fingerprint density at radius 3 is 2.88 bits per heavy atom. The Kier molecular flexibility index (Phi) is 6.28. The summed E-state index contributed by atoms with van der Waals surface area (Å²) in [6.07, 6.45) is 4.37. The predicted molar refractivity (Wildman–Crippen MR) is 95.3 cm³/mol. The Bertz CT molecular complexity index is 528. The zero-order valence-electron chi connectivity index (χ0n) is 15.0. The summed E-state index contributed by atoms with van der Waals surface area (Å²) in [4.78, 5) is 2.41. The van der Waals surface area contributed by atoms with Crippen LogP contribution in [0.25, 0.3) is 0 Å². The molecule has 1 aromatic rings. The van der Waals surface area contributed by atoms with Crippen LogP contribution < -0.4 is 0 Å². The van der Waals surface area contributed by atoms with Crippen LogP contribution in [-0.4, -0.2) is 55.1 Å². The first-order valence-electron chi connectivity index (χ1n) is 9.32. The van der Waals surface area contributed by atoms with E-state index >= 15 is 0 Å². The number of aryl methyl sites for hydroxylation is 2. The molecule has 0 saturated carbocycles. The molecule has 0 aliphatic carbocycles. The number of aliphatic hydroxyl groups excluding tert-OH is 1. The summed E-state index contributed by atoms with van der Waals surface area (Å²) in [5.74, 6) is 0. The molecule has 2 heterocycles. The van der Waals surface area contributed by atoms with E-state index in [9.17, 15) is 5.11 Å². The van der Waals surface area contributed by atoms with E-state index < -0.39 is 6.10 Å². The van der Waals surface area contributed by atoms with Crippen LogP contribution in [0.5, 0.6) is 0 Å². The number of β-amino-alcohol motifs (C(OH)–C–C–N with tert-alkyl or cyclic N) is 1. The molecule has 2 fully saturated rings. The Hall–Kier alpha value is -0.940. The first kappa shape index (κ1) is 17.9. The molecule has 0 spiro atoms. The standard InChI is InChI=1S/C20H31NO3/c1-15-7-8-17(11-16(15)2)20-6-3-9-21(20)12-18(22)13-23-14-19-5-4-10-24-19/h7-8,11,18-20,22H,3-6,9-10,12-14H2,1-2H3. The van der Waals surface area contributed by atoms with E-state index in [4.69, 9.17) is 9.47 Å². The number of ether oxygens (including phenoxy) is 2. The van der Waals surface area contributed by atoms with Crippen molar-refractivity contribution in [1.29, 1.82) is 0 Å². The highest BCUT2D eigenvalue weighted by molar-refractivity contribution is 5.32. The topological polar surface area (TPSA) is 41.9 Å². The maximum absolute atomic E-state index is 10.3. The van der Waals surface area contributed by atoms with E-state index in [1.807, 2.05) is 0 Å². The zero-order valence-corrected chi connectivity index (χ0v) is 15.0. The highest BCUT2D eigenvalue weighted by Crippen LogP contribution is 2.32. The van der Waals surface area contributed by atoms with E-state index in [-0.39, 0.29) is 6.10 Å². The predicted octanol–water partition coefficient (Wildman–Crippen LogP) is 3.00. The number of nitrogens with zero attached hydrogens (tertiary/aromatic N) is 1. The summed E-state index contributed by atoms with van der Waals surface area (Å²) >= 11 is 0. The monoisotopic (exact) mass is 333 g/mol. The summed E-state index contributed by atoms with van der Waals surface area (Å²) in [5, 5.41) is 10.3. The molecule has 1 aromatic carbocycles. The number of aliphatic hydroxyl groups is 1. The Morgan fingerprint density at radius 1 is 1.25 bits per heavy atom. The van der Waals surface area contributed by atoms with Gasteiger partial charge in [-0.05, 0) is 62.8 Å². The Balaban J connectivity index is 1.48. The third-order valence-electron chi connectivity index (χ3n) is 5.36. The van der Waals surface area contributed by atoms with Gasteiger partial charge in [-0.15, -0.1) is 0 Å². The van der Waals surface area contributed by atoms with Crippen molar-refractivity contribution < 1.29 is 14.6 Å². The van der Waals surface area contributed by atoms with Gasteiger partial charge in [0.05, 0.1) is 25.4 Å². The number of benzene rings is 1. The number of likely N-dealkylation sites (tertiary alicyclic amines) is 1. The highest BCUT2D eigenvalue weighted by atomic mass is 16.5. The molecule has 1 N–H and O–H groups in total. The van der Waals surface area contributed by atoms with Gasteiger partial charge in [-0.25, -0.2) is 0 Å². The lowest BCUT2D eigenvalue weighted by Crippen LogP contribution is -2.35.